The summed E-state index contributed by atoms with van der Waals surface area (Å²) in [5.74, 6) is 0. The van der Waals surface area contributed by atoms with E-state index in [-0.39, 0.29) is 0 Å². The van der Waals surface area contributed by atoms with Crippen molar-refractivity contribution in [2.75, 3.05) is 0 Å². The second-order valence-corrected chi connectivity index (χ2v) is 11.0. The van der Waals surface area contributed by atoms with Crippen LogP contribution in [-0.2, 0) is 0 Å². The summed E-state index contributed by atoms with van der Waals surface area (Å²) in [6.45, 7) is 0. The molecule has 2 aromatic heterocycles. The number of hydrogen-bond donors (Lipinski definition) is 0. The van der Waals surface area contributed by atoms with Gasteiger partial charge in [0.1, 0.15) is 0 Å². The second kappa shape index (κ2) is 9.37. The highest BCUT2D eigenvalue weighted by Gasteiger charge is 2.15. The first kappa shape index (κ1) is 23.9. The summed E-state index contributed by atoms with van der Waals surface area (Å²) >= 11 is 0. The lowest BCUT2D eigenvalue weighted by Gasteiger charge is -2.12. The van der Waals surface area contributed by atoms with E-state index >= 15 is 0 Å². The van der Waals surface area contributed by atoms with E-state index in [1.807, 2.05) is 6.20 Å². The lowest BCUT2D eigenvalue weighted by Crippen LogP contribution is -1.96. The van der Waals surface area contributed by atoms with Crippen molar-refractivity contribution in [2.45, 2.75) is 0 Å². The molecule has 0 unspecified atom stereocenters. The van der Waals surface area contributed by atoms with Crippen LogP contribution in [0.15, 0.2) is 152 Å². The van der Waals surface area contributed by atoms with Gasteiger partial charge in [-0.2, -0.15) is 0 Å². The number of nitrogens with zero attached hydrogens (tertiary/aromatic N) is 3. The third-order valence-electron chi connectivity index (χ3n) is 8.61. The summed E-state index contributed by atoms with van der Waals surface area (Å²) in [4.78, 5) is 10.2. The average Bonchev–Trinajstić information content (AvgIpc) is 3.42. The van der Waals surface area contributed by atoms with Gasteiger partial charge < -0.3 is 4.57 Å². The Morgan fingerprint density at radius 1 is 0.395 bits per heavy atom. The fourth-order valence-corrected chi connectivity index (χ4v) is 6.63. The van der Waals surface area contributed by atoms with Crippen LogP contribution in [-0.4, -0.2) is 14.5 Å². The highest BCUT2D eigenvalue weighted by molar-refractivity contribution is 6.23. The summed E-state index contributed by atoms with van der Waals surface area (Å²) in [5.41, 5.74) is 9.67. The zero-order valence-corrected chi connectivity index (χ0v) is 23.3. The van der Waals surface area contributed by atoms with Crippen molar-refractivity contribution < 1.29 is 0 Å². The minimum Gasteiger partial charge on any atom is -0.309 e. The van der Waals surface area contributed by atoms with Gasteiger partial charge in [0.2, 0.25) is 0 Å². The molecule has 0 fully saturated rings. The van der Waals surface area contributed by atoms with E-state index in [1.54, 1.807) is 0 Å². The Kier molecular flexibility index (Phi) is 5.20. The molecule has 0 aliphatic rings. The van der Waals surface area contributed by atoms with Crippen LogP contribution in [0.2, 0.25) is 0 Å². The topological polar surface area (TPSA) is 30.7 Å². The quantitative estimate of drug-likeness (QED) is 0.206. The molecule has 0 radical (unpaired) electrons. The van der Waals surface area contributed by atoms with Crippen LogP contribution in [0.4, 0.5) is 0 Å². The van der Waals surface area contributed by atoms with E-state index in [9.17, 15) is 0 Å². The molecule has 0 N–H and O–H groups in total. The second-order valence-electron chi connectivity index (χ2n) is 11.0. The van der Waals surface area contributed by atoms with E-state index in [4.69, 9.17) is 9.97 Å². The van der Waals surface area contributed by atoms with E-state index in [2.05, 4.69) is 150 Å². The fraction of sp³-hybridized carbons (Fsp3) is 0. The van der Waals surface area contributed by atoms with Crippen molar-refractivity contribution in [3.8, 4) is 28.1 Å². The number of benzene rings is 7. The number of fused-ring (bicyclic) bond motifs is 9. The van der Waals surface area contributed by atoms with Crippen LogP contribution in [0.3, 0.4) is 0 Å². The molecule has 0 spiro atoms. The van der Waals surface area contributed by atoms with Gasteiger partial charge in [0.05, 0.1) is 34.0 Å². The highest BCUT2D eigenvalue weighted by Crippen LogP contribution is 2.37. The standard InChI is InChI=1S/C40H25N3/c1-2-11-26(12-3-1)27-21-22-38-35(24-27)32-17-8-9-20-37(32)43(38)29-14-10-13-28(23-29)36-25-41-39-33-18-6-4-15-30(33)31-16-5-7-19-34(31)40(39)42-36/h1-25H. The van der Waals surface area contributed by atoms with Crippen molar-refractivity contribution >= 4 is 54.4 Å². The maximum Gasteiger partial charge on any atom is 0.0979 e. The van der Waals surface area contributed by atoms with Gasteiger partial charge in [-0.25, -0.2) is 4.98 Å². The minimum atomic E-state index is 0.863. The molecule has 3 nitrogen and oxygen atoms in total. The first-order chi connectivity index (χ1) is 21.3. The third kappa shape index (κ3) is 3.68. The molecule has 0 bridgehead atoms. The molecule has 43 heavy (non-hydrogen) atoms. The van der Waals surface area contributed by atoms with Gasteiger partial charge in [-0.3, -0.25) is 4.98 Å². The van der Waals surface area contributed by atoms with Gasteiger partial charge in [0.15, 0.2) is 0 Å². The Morgan fingerprint density at radius 3 is 1.81 bits per heavy atom. The van der Waals surface area contributed by atoms with E-state index in [0.29, 0.717) is 0 Å². The summed E-state index contributed by atoms with van der Waals surface area (Å²) in [7, 11) is 0. The molecule has 200 valence electrons. The summed E-state index contributed by atoms with van der Waals surface area (Å²) in [5, 5.41) is 7.14. The monoisotopic (exact) mass is 547 g/mol. The smallest absolute Gasteiger partial charge is 0.0979 e. The van der Waals surface area contributed by atoms with Crippen molar-refractivity contribution in [1.29, 1.82) is 0 Å². The number of rotatable bonds is 3. The Morgan fingerprint density at radius 2 is 1.02 bits per heavy atom. The van der Waals surface area contributed by atoms with Gasteiger partial charge >= 0.3 is 0 Å². The first-order valence-corrected chi connectivity index (χ1v) is 14.6. The van der Waals surface area contributed by atoms with Crippen LogP contribution in [0.5, 0.6) is 0 Å². The lowest BCUT2D eigenvalue weighted by molar-refractivity contribution is 1.18. The number of aromatic nitrogens is 3. The van der Waals surface area contributed by atoms with Gasteiger partial charge in [-0.05, 0) is 52.2 Å². The molecular formula is C40H25N3. The molecule has 9 aromatic rings. The van der Waals surface area contributed by atoms with Crippen molar-refractivity contribution in [1.82, 2.24) is 14.5 Å². The Labute approximate surface area is 248 Å². The molecular weight excluding hydrogens is 522 g/mol. The van der Waals surface area contributed by atoms with Crippen molar-refractivity contribution in [3.63, 3.8) is 0 Å². The zero-order valence-electron chi connectivity index (χ0n) is 23.3. The first-order valence-electron chi connectivity index (χ1n) is 14.6. The summed E-state index contributed by atoms with van der Waals surface area (Å²) in [6, 6.07) is 51.7. The maximum absolute atomic E-state index is 5.24. The SMILES string of the molecule is c1ccc(-c2ccc3c(c2)c2ccccc2n3-c2cccc(-c3cnc4c5ccccc5c5ccccc5c4n3)c2)cc1. The van der Waals surface area contributed by atoms with Crippen LogP contribution in [0.1, 0.15) is 0 Å². The van der Waals surface area contributed by atoms with Crippen LogP contribution < -0.4 is 0 Å². The Hall–Kier alpha value is -5.80. The van der Waals surface area contributed by atoms with Gasteiger partial charge in [-0.15, -0.1) is 0 Å². The van der Waals surface area contributed by atoms with E-state index in [0.717, 1.165) is 38.8 Å². The molecule has 3 heteroatoms. The predicted molar refractivity (Wildman–Crippen MR) is 180 cm³/mol. The molecule has 0 atom stereocenters. The highest BCUT2D eigenvalue weighted by atomic mass is 15.0. The van der Waals surface area contributed by atoms with Crippen LogP contribution in [0, 0.1) is 0 Å². The van der Waals surface area contributed by atoms with E-state index < -0.39 is 0 Å². The van der Waals surface area contributed by atoms with Gasteiger partial charge in [0.25, 0.3) is 0 Å². The number of para-hydroxylation sites is 1. The maximum atomic E-state index is 5.24. The predicted octanol–water partition coefficient (Wildman–Crippen LogP) is 10.4. The molecule has 0 aliphatic carbocycles. The summed E-state index contributed by atoms with van der Waals surface area (Å²) < 4.78 is 2.36. The Balaban J connectivity index is 1.24. The van der Waals surface area contributed by atoms with E-state index in [1.165, 1.54) is 43.7 Å². The Bertz CT molecular complexity index is 2470. The third-order valence-corrected chi connectivity index (χ3v) is 8.61. The van der Waals surface area contributed by atoms with Crippen molar-refractivity contribution in [3.05, 3.63) is 152 Å². The molecule has 0 saturated heterocycles. The van der Waals surface area contributed by atoms with Gasteiger partial charge in [-0.1, -0.05) is 115 Å². The largest absolute Gasteiger partial charge is 0.309 e. The normalized spacial score (nSPS) is 11.7. The molecule has 0 amide bonds. The van der Waals surface area contributed by atoms with Crippen LogP contribution in [0.25, 0.3) is 82.5 Å². The molecule has 0 aliphatic heterocycles. The summed E-state index contributed by atoms with van der Waals surface area (Å²) in [6.07, 6.45) is 1.92. The van der Waals surface area contributed by atoms with Gasteiger partial charge in [0, 0.05) is 32.8 Å². The zero-order chi connectivity index (χ0) is 28.3. The average molecular weight is 548 g/mol. The lowest BCUT2D eigenvalue weighted by atomic mass is 9.99. The minimum absolute atomic E-state index is 0.863. The molecule has 2 heterocycles. The number of hydrogen-bond acceptors (Lipinski definition) is 2. The molecule has 9 rings (SSSR count). The molecule has 0 saturated carbocycles. The van der Waals surface area contributed by atoms with Crippen LogP contribution >= 0.6 is 0 Å². The van der Waals surface area contributed by atoms with Crippen molar-refractivity contribution in [2.24, 2.45) is 0 Å². The molecule has 7 aromatic carbocycles. The fourth-order valence-electron chi connectivity index (χ4n) is 6.63.